The Balaban J connectivity index is 1.30. The predicted octanol–water partition coefficient (Wildman–Crippen LogP) is 4.29. The third kappa shape index (κ3) is 4.62. The summed E-state index contributed by atoms with van der Waals surface area (Å²) in [4.78, 5) is 19.3. The largest absolute Gasteiger partial charge is 0.339 e. The highest BCUT2D eigenvalue weighted by Gasteiger charge is 2.35. The van der Waals surface area contributed by atoms with E-state index in [1.807, 2.05) is 32.0 Å². The average Bonchev–Trinajstić information content (AvgIpc) is 3.48. The number of aryl methyl sites for hydroxylation is 2. The third-order valence-corrected chi connectivity index (χ3v) is 9.12. The Kier molecular flexibility index (Phi) is 6.23. The van der Waals surface area contributed by atoms with Gasteiger partial charge in [-0.2, -0.15) is 9.29 Å². The monoisotopic (exact) mass is 494 g/mol. The summed E-state index contributed by atoms with van der Waals surface area (Å²) < 4.78 is 33.0. The average molecular weight is 495 g/mol. The van der Waals surface area contributed by atoms with Crippen LogP contribution in [0.15, 0.2) is 51.9 Å². The number of carbonyl (C=O) groups is 1. The fourth-order valence-electron chi connectivity index (χ4n) is 4.68. The highest BCUT2D eigenvalue weighted by Crippen LogP contribution is 2.33. The van der Waals surface area contributed by atoms with E-state index in [1.54, 1.807) is 33.5 Å². The maximum atomic E-state index is 13.0. The van der Waals surface area contributed by atoms with Crippen molar-refractivity contribution >= 4 is 21.6 Å². The minimum absolute atomic E-state index is 0.0275. The fourth-order valence-corrected chi connectivity index (χ4v) is 6.15. The summed E-state index contributed by atoms with van der Waals surface area (Å²) in [6, 6.07) is 12.6. The van der Waals surface area contributed by atoms with Crippen molar-refractivity contribution in [3.05, 3.63) is 59.5 Å². The van der Waals surface area contributed by atoms with Gasteiger partial charge >= 0.3 is 0 Å². The summed E-state index contributed by atoms with van der Waals surface area (Å²) in [5.41, 5.74) is 3.86. The molecule has 3 heterocycles. The number of rotatable bonds is 5. The molecular formula is C26H30N4O4S. The molecule has 0 N–H and O–H groups in total. The van der Waals surface area contributed by atoms with Gasteiger partial charge in [-0.15, -0.1) is 0 Å². The number of hydrogen-bond donors (Lipinski definition) is 0. The van der Waals surface area contributed by atoms with Crippen molar-refractivity contribution < 1.29 is 17.7 Å². The zero-order chi connectivity index (χ0) is 24.7. The lowest BCUT2D eigenvalue weighted by Crippen LogP contribution is -2.37. The van der Waals surface area contributed by atoms with Gasteiger partial charge in [0.1, 0.15) is 0 Å². The molecule has 1 aromatic heterocycles. The maximum Gasteiger partial charge on any atom is 0.243 e. The van der Waals surface area contributed by atoms with Crippen LogP contribution in [0.3, 0.4) is 0 Å². The highest BCUT2D eigenvalue weighted by molar-refractivity contribution is 7.89. The van der Waals surface area contributed by atoms with E-state index < -0.39 is 10.0 Å². The first-order valence-corrected chi connectivity index (χ1v) is 13.5. The van der Waals surface area contributed by atoms with Crippen LogP contribution >= 0.6 is 0 Å². The molecule has 2 aromatic carbocycles. The summed E-state index contributed by atoms with van der Waals surface area (Å²) in [5.74, 6) is 1.19. The third-order valence-electron chi connectivity index (χ3n) is 7.21. The Morgan fingerprint density at radius 1 is 1.00 bits per heavy atom. The molecule has 0 saturated carbocycles. The quantitative estimate of drug-likeness (QED) is 0.525. The number of carbonyl (C=O) groups excluding carboxylic acids is 1. The molecule has 35 heavy (non-hydrogen) atoms. The SMILES string of the molecule is Cc1ccc(N2C[C@@H](c3nc(-c4ccc(S(=O)(=O)N5CCC(C)CC5)cc4)no3)CC2=O)cc1C. The molecule has 5 rings (SSSR count). The van der Waals surface area contributed by atoms with E-state index in [0.29, 0.717) is 49.3 Å². The molecule has 0 bridgehead atoms. The number of sulfonamides is 1. The van der Waals surface area contributed by atoms with Crippen molar-refractivity contribution in [2.75, 3.05) is 24.5 Å². The first-order chi connectivity index (χ1) is 16.7. The molecule has 2 aliphatic rings. The van der Waals surface area contributed by atoms with Crippen LogP contribution < -0.4 is 4.90 Å². The van der Waals surface area contributed by atoms with Gasteiger partial charge in [0.2, 0.25) is 27.6 Å². The first kappa shape index (κ1) is 23.7. The second kappa shape index (κ2) is 9.20. The predicted molar refractivity (Wildman–Crippen MR) is 133 cm³/mol. The van der Waals surface area contributed by atoms with Crippen molar-refractivity contribution in [3.8, 4) is 11.4 Å². The van der Waals surface area contributed by atoms with E-state index in [0.717, 1.165) is 24.1 Å². The molecular weight excluding hydrogens is 464 g/mol. The molecule has 0 spiro atoms. The number of aromatic nitrogens is 2. The van der Waals surface area contributed by atoms with Gasteiger partial charge in [0.25, 0.3) is 0 Å². The van der Waals surface area contributed by atoms with E-state index in [9.17, 15) is 13.2 Å². The van der Waals surface area contributed by atoms with Crippen LogP contribution in [0.4, 0.5) is 5.69 Å². The maximum absolute atomic E-state index is 13.0. The van der Waals surface area contributed by atoms with Crippen LogP contribution in [-0.2, 0) is 14.8 Å². The van der Waals surface area contributed by atoms with Crippen LogP contribution in [0.5, 0.6) is 0 Å². The normalized spacial score (nSPS) is 20.0. The fraction of sp³-hybridized carbons (Fsp3) is 0.423. The molecule has 184 valence electrons. The van der Waals surface area contributed by atoms with Gasteiger partial charge in [0.15, 0.2) is 0 Å². The number of hydrogen-bond acceptors (Lipinski definition) is 6. The Morgan fingerprint density at radius 2 is 1.71 bits per heavy atom. The Morgan fingerprint density at radius 3 is 2.40 bits per heavy atom. The molecule has 2 fully saturated rings. The van der Waals surface area contributed by atoms with Gasteiger partial charge in [-0.05, 0) is 80.1 Å². The lowest BCUT2D eigenvalue weighted by Gasteiger charge is -2.29. The smallest absolute Gasteiger partial charge is 0.243 e. The molecule has 3 aromatic rings. The molecule has 0 unspecified atom stereocenters. The van der Waals surface area contributed by atoms with Gasteiger partial charge < -0.3 is 9.42 Å². The Hall–Kier alpha value is -3.04. The number of nitrogens with zero attached hydrogens (tertiary/aromatic N) is 4. The van der Waals surface area contributed by atoms with Crippen LogP contribution in [0.1, 0.15) is 49.1 Å². The van der Waals surface area contributed by atoms with Crippen molar-refractivity contribution in [2.24, 2.45) is 5.92 Å². The van der Waals surface area contributed by atoms with E-state index in [2.05, 4.69) is 17.1 Å². The zero-order valence-electron chi connectivity index (χ0n) is 20.3. The van der Waals surface area contributed by atoms with Crippen molar-refractivity contribution in [1.29, 1.82) is 0 Å². The summed E-state index contributed by atoms with van der Waals surface area (Å²) in [6.45, 7) is 7.82. The number of benzene rings is 2. The number of piperidine rings is 1. The van der Waals surface area contributed by atoms with Gasteiger partial charge in [-0.25, -0.2) is 8.42 Å². The van der Waals surface area contributed by atoms with Crippen LogP contribution in [0, 0.1) is 19.8 Å². The Labute approximate surface area is 206 Å². The van der Waals surface area contributed by atoms with Crippen LogP contribution in [0.2, 0.25) is 0 Å². The van der Waals surface area contributed by atoms with Crippen LogP contribution in [-0.4, -0.2) is 48.4 Å². The molecule has 0 aliphatic carbocycles. The topological polar surface area (TPSA) is 96.6 Å². The van der Waals surface area contributed by atoms with Gasteiger partial charge in [0.05, 0.1) is 10.8 Å². The van der Waals surface area contributed by atoms with Crippen molar-refractivity contribution in [3.63, 3.8) is 0 Å². The highest BCUT2D eigenvalue weighted by atomic mass is 32.2. The van der Waals surface area contributed by atoms with Gasteiger partial charge in [-0.3, -0.25) is 4.79 Å². The summed E-state index contributed by atoms with van der Waals surface area (Å²) in [5, 5.41) is 4.09. The van der Waals surface area contributed by atoms with Crippen molar-refractivity contribution in [2.45, 2.75) is 50.8 Å². The second-order valence-corrected chi connectivity index (χ2v) is 11.7. The van der Waals surface area contributed by atoms with Gasteiger partial charge in [0, 0.05) is 37.3 Å². The van der Waals surface area contributed by atoms with Crippen molar-refractivity contribution in [1.82, 2.24) is 14.4 Å². The molecule has 2 aliphatic heterocycles. The first-order valence-electron chi connectivity index (χ1n) is 12.0. The van der Waals surface area contributed by atoms with Gasteiger partial charge in [-0.1, -0.05) is 18.1 Å². The van der Waals surface area contributed by atoms with E-state index in [1.165, 1.54) is 5.56 Å². The number of anilines is 1. The standard InChI is InChI=1S/C26H30N4O4S/c1-17-10-12-29(13-11-17)35(32,33)23-8-5-20(6-9-23)25-27-26(34-28-25)21-15-24(31)30(16-21)22-7-4-18(2)19(3)14-22/h4-9,14,17,21H,10-13,15-16H2,1-3H3/t21-/m0/s1. The minimum Gasteiger partial charge on any atom is -0.339 e. The minimum atomic E-state index is -3.51. The zero-order valence-corrected chi connectivity index (χ0v) is 21.1. The van der Waals surface area contributed by atoms with E-state index in [4.69, 9.17) is 4.52 Å². The number of amides is 1. The molecule has 8 nitrogen and oxygen atoms in total. The summed E-state index contributed by atoms with van der Waals surface area (Å²) >= 11 is 0. The lowest BCUT2D eigenvalue weighted by molar-refractivity contribution is -0.117. The molecule has 1 atom stereocenters. The molecule has 1 amide bonds. The molecule has 0 radical (unpaired) electrons. The molecule has 2 saturated heterocycles. The second-order valence-electron chi connectivity index (χ2n) is 9.74. The summed E-state index contributed by atoms with van der Waals surface area (Å²) in [6.07, 6.45) is 2.07. The molecule has 9 heteroatoms. The van der Waals surface area contributed by atoms with E-state index in [-0.39, 0.29) is 16.7 Å². The van der Waals surface area contributed by atoms with E-state index >= 15 is 0 Å². The van der Waals surface area contributed by atoms with Crippen LogP contribution in [0.25, 0.3) is 11.4 Å². The lowest BCUT2D eigenvalue weighted by atomic mass is 10.0. The Bertz CT molecular complexity index is 1340. The summed E-state index contributed by atoms with van der Waals surface area (Å²) in [7, 11) is -3.51.